The zero-order chi connectivity index (χ0) is 18.1. The van der Waals surface area contributed by atoms with E-state index in [9.17, 15) is 4.79 Å². The smallest absolute Gasteiger partial charge is 0.244 e. The fraction of sp³-hybridized carbons (Fsp3) is 0.438. The predicted octanol–water partition coefficient (Wildman–Crippen LogP) is -0.533. The Morgan fingerprint density at radius 1 is 1.23 bits per heavy atom. The van der Waals surface area contributed by atoms with E-state index >= 15 is 0 Å². The Labute approximate surface area is 150 Å². The van der Waals surface area contributed by atoms with E-state index in [2.05, 4.69) is 30.6 Å². The minimum Gasteiger partial charge on any atom is -0.352 e. The van der Waals surface area contributed by atoms with Crippen molar-refractivity contribution in [1.29, 1.82) is 0 Å². The number of carbonyl (C=O) groups is 1. The summed E-state index contributed by atoms with van der Waals surface area (Å²) < 4.78 is 3.37. The van der Waals surface area contributed by atoms with Crippen LogP contribution in [0.1, 0.15) is 11.6 Å². The topological polar surface area (TPSA) is 96.5 Å². The Morgan fingerprint density at radius 2 is 2.04 bits per heavy atom. The Balaban J connectivity index is 1.43. The van der Waals surface area contributed by atoms with E-state index in [4.69, 9.17) is 0 Å². The van der Waals surface area contributed by atoms with E-state index in [1.165, 1.54) is 0 Å². The van der Waals surface area contributed by atoms with Crippen LogP contribution in [0.2, 0.25) is 0 Å². The lowest BCUT2D eigenvalue weighted by Crippen LogP contribution is -2.51. The molecule has 136 valence electrons. The van der Waals surface area contributed by atoms with Crippen molar-refractivity contribution in [2.45, 2.75) is 6.04 Å². The normalized spacial score (nSPS) is 16.2. The summed E-state index contributed by atoms with van der Waals surface area (Å²) in [4.78, 5) is 17.0. The van der Waals surface area contributed by atoms with Crippen LogP contribution in [0.25, 0.3) is 5.65 Å². The summed E-state index contributed by atoms with van der Waals surface area (Å²) in [6.45, 7) is 2.77. The van der Waals surface area contributed by atoms with E-state index in [-0.39, 0.29) is 11.9 Å². The summed E-state index contributed by atoms with van der Waals surface area (Å²) in [6.07, 6.45) is 5.19. The van der Waals surface area contributed by atoms with Gasteiger partial charge < -0.3 is 15.1 Å². The number of fused-ring (bicyclic) bond motifs is 1. The molecule has 3 aromatic rings. The Bertz CT molecular complexity index is 909. The summed E-state index contributed by atoms with van der Waals surface area (Å²) >= 11 is 0. The Morgan fingerprint density at radius 3 is 2.73 bits per heavy atom. The maximum absolute atomic E-state index is 12.9. The van der Waals surface area contributed by atoms with Gasteiger partial charge in [0.15, 0.2) is 5.65 Å². The van der Waals surface area contributed by atoms with Gasteiger partial charge in [-0.2, -0.15) is 9.61 Å². The third-order valence-corrected chi connectivity index (χ3v) is 4.66. The molecule has 4 rings (SSSR count). The number of anilines is 1. The maximum atomic E-state index is 12.9. The highest BCUT2D eigenvalue weighted by Crippen LogP contribution is 2.18. The number of carbonyl (C=O) groups excluding carboxylic acids is 1. The molecule has 3 aromatic heterocycles. The first-order valence-corrected chi connectivity index (χ1v) is 8.52. The summed E-state index contributed by atoms with van der Waals surface area (Å²) in [5, 5.41) is 19.6. The quantitative estimate of drug-likeness (QED) is 0.672. The van der Waals surface area contributed by atoms with Crippen LogP contribution in [0.4, 0.5) is 5.82 Å². The van der Waals surface area contributed by atoms with E-state index in [0.29, 0.717) is 13.1 Å². The van der Waals surface area contributed by atoms with Gasteiger partial charge in [-0.25, -0.2) is 0 Å². The molecule has 1 unspecified atom stereocenters. The lowest BCUT2D eigenvalue weighted by molar-refractivity contribution is -0.133. The average molecular weight is 355 g/mol. The van der Waals surface area contributed by atoms with E-state index in [0.717, 1.165) is 30.1 Å². The van der Waals surface area contributed by atoms with Gasteiger partial charge in [-0.15, -0.1) is 15.3 Å². The molecule has 0 bridgehead atoms. The number of hydrogen-bond donors (Lipinski definition) is 1. The highest BCUT2D eigenvalue weighted by Gasteiger charge is 2.28. The molecule has 0 saturated carbocycles. The summed E-state index contributed by atoms with van der Waals surface area (Å²) in [5.41, 5.74) is 1.60. The molecule has 10 heteroatoms. The SMILES string of the molecule is CNC(C(=O)N1CCN(c2ccc3nncn3n2)CC1)c1cnn(C)c1. The van der Waals surface area contributed by atoms with Gasteiger partial charge in [-0.1, -0.05) is 0 Å². The first-order valence-electron chi connectivity index (χ1n) is 8.52. The van der Waals surface area contributed by atoms with Crippen molar-refractivity contribution < 1.29 is 4.79 Å². The van der Waals surface area contributed by atoms with Crippen LogP contribution in [-0.2, 0) is 11.8 Å². The molecule has 26 heavy (non-hydrogen) atoms. The molecule has 0 aliphatic carbocycles. The summed E-state index contributed by atoms with van der Waals surface area (Å²) in [6, 6.07) is 3.46. The first-order chi connectivity index (χ1) is 12.7. The maximum Gasteiger partial charge on any atom is 0.244 e. The molecule has 1 saturated heterocycles. The Hall–Kier alpha value is -3.01. The monoisotopic (exact) mass is 355 g/mol. The van der Waals surface area contributed by atoms with Crippen LogP contribution in [0.5, 0.6) is 0 Å². The average Bonchev–Trinajstić information content (AvgIpc) is 3.30. The van der Waals surface area contributed by atoms with Crippen molar-refractivity contribution >= 4 is 17.4 Å². The second kappa shape index (κ2) is 6.71. The van der Waals surface area contributed by atoms with E-state index in [1.807, 2.05) is 30.3 Å². The molecule has 0 spiro atoms. The highest BCUT2D eigenvalue weighted by atomic mass is 16.2. The molecule has 1 aliphatic rings. The number of rotatable bonds is 4. The number of aromatic nitrogens is 6. The van der Waals surface area contributed by atoms with Gasteiger partial charge in [0.25, 0.3) is 0 Å². The number of nitrogens with zero attached hydrogens (tertiary/aromatic N) is 8. The molecule has 1 fully saturated rings. The number of aryl methyl sites for hydroxylation is 1. The fourth-order valence-electron chi connectivity index (χ4n) is 3.25. The van der Waals surface area contributed by atoms with Gasteiger partial charge >= 0.3 is 0 Å². The van der Waals surface area contributed by atoms with Crippen LogP contribution in [-0.4, -0.2) is 73.6 Å². The van der Waals surface area contributed by atoms with Crippen LogP contribution in [0, 0.1) is 0 Å². The molecule has 1 atom stereocenters. The van der Waals surface area contributed by atoms with Crippen molar-refractivity contribution in [3.63, 3.8) is 0 Å². The van der Waals surface area contributed by atoms with Crippen LogP contribution < -0.4 is 10.2 Å². The second-order valence-electron chi connectivity index (χ2n) is 6.31. The highest BCUT2D eigenvalue weighted by molar-refractivity contribution is 5.83. The van der Waals surface area contributed by atoms with Crippen LogP contribution >= 0.6 is 0 Å². The van der Waals surface area contributed by atoms with Gasteiger partial charge in [0.2, 0.25) is 5.91 Å². The van der Waals surface area contributed by atoms with Gasteiger partial charge in [-0.3, -0.25) is 9.48 Å². The third-order valence-electron chi connectivity index (χ3n) is 4.66. The molecular formula is C16H21N9O. The van der Waals surface area contributed by atoms with Gasteiger partial charge in [0.05, 0.1) is 6.20 Å². The molecular weight excluding hydrogens is 334 g/mol. The first kappa shape index (κ1) is 16.5. The Kier molecular flexibility index (Phi) is 4.25. The number of piperazine rings is 1. The number of nitrogens with one attached hydrogen (secondary N) is 1. The van der Waals surface area contributed by atoms with E-state index < -0.39 is 0 Å². The van der Waals surface area contributed by atoms with Crippen LogP contribution in [0.15, 0.2) is 30.9 Å². The van der Waals surface area contributed by atoms with Crippen LogP contribution in [0.3, 0.4) is 0 Å². The molecule has 1 aliphatic heterocycles. The number of likely N-dealkylation sites (N-methyl/N-ethyl adjacent to an activating group) is 1. The molecule has 0 radical (unpaired) electrons. The van der Waals surface area contributed by atoms with Crippen molar-refractivity contribution in [2.75, 3.05) is 38.1 Å². The number of amides is 1. The van der Waals surface area contributed by atoms with Crippen molar-refractivity contribution in [1.82, 2.24) is 39.8 Å². The van der Waals surface area contributed by atoms with Gasteiger partial charge in [-0.05, 0) is 19.2 Å². The van der Waals surface area contributed by atoms with Gasteiger partial charge in [0, 0.05) is 45.0 Å². The fourth-order valence-corrected chi connectivity index (χ4v) is 3.25. The van der Waals surface area contributed by atoms with Crippen molar-refractivity contribution in [3.8, 4) is 0 Å². The second-order valence-corrected chi connectivity index (χ2v) is 6.31. The van der Waals surface area contributed by atoms with Crippen molar-refractivity contribution in [3.05, 3.63) is 36.4 Å². The minimum absolute atomic E-state index is 0.0716. The van der Waals surface area contributed by atoms with E-state index in [1.54, 1.807) is 28.8 Å². The zero-order valence-corrected chi connectivity index (χ0v) is 14.8. The minimum atomic E-state index is -0.373. The summed E-state index contributed by atoms with van der Waals surface area (Å²) in [5.74, 6) is 0.934. The molecule has 0 aromatic carbocycles. The molecule has 1 amide bonds. The van der Waals surface area contributed by atoms with Gasteiger partial charge in [0.1, 0.15) is 18.2 Å². The van der Waals surface area contributed by atoms with Crippen molar-refractivity contribution in [2.24, 2.45) is 7.05 Å². The zero-order valence-electron chi connectivity index (χ0n) is 14.8. The molecule has 10 nitrogen and oxygen atoms in total. The summed E-state index contributed by atoms with van der Waals surface area (Å²) in [7, 11) is 3.64. The standard InChI is InChI=1S/C16H21N9O/c1-17-15(12-9-19-22(2)10-12)16(26)24-7-5-23(6-8-24)14-4-3-13-20-18-11-25(13)21-14/h3-4,9-11,15,17H,5-8H2,1-2H3. The lowest BCUT2D eigenvalue weighted by Gasteiger charge is -2.36. The molecule has 4 heterocycles. The number of hydrogen-bond acceptors (Lipinski definition) is 7. The lowest BCUT2D eigenvalue weighted by atomic mass is 10.1. The third kappa shape index (κ3) is 2.99. The largest absolute Gasteiger partial charge is 0.352 e. The molecule has 1 N–H and O–H groups in total. The predicted molar refractivity (Wildman–Crippen MR) is 94.6 cm³/mol.